The predicted octanol–water partition coefficient (Wildman–Crippen LogP) is 5.59. The summed E-state index contributed by atoms with van der Waals surface area (Å²) in [6.45, 7) is 10.2. The summed E-state index contributed by atoms with van der Waals surface area (Å²) in [6.07, 6.45) is 1.24. The second-order valence-corrected chi connectivity index (χ2v) is 14.3. The van der Waals surface area contributed by atoms with Crippen molar-refractivity contribution >= 4 is 54.0 Å². The molecule has 0 atom stereocenters. The number of ether oxygens (including phenoxy) is 2. The maximum Gasteiger partial charge on any atom is 0.305 e. The lowest BCUT2D eigenvalue weighted by Gasteiger charge is -2.12. The lowest BCUT2D eigenvalue weighted by Crippen LogP contribution is -2.16. The molecular weight excluding hydrogens is 479 g/mol. The standard InChI is InChI=1S/C24H30Cl2N2O4Si/c1-14-16(8-10-19(29)31-3)21(27-23(14)25)18(12-13-33(5,6)7)22-17(9-11-20(30)32-4)15(2)24(26)28-22/h27H,8-11H2,1-7H3/b22-18-. The summed E-state index contributed by atoms with van der Waals surface area (Å²) in [6, 6.07) is 0. The molecule has 0 amide bonds. The Labute approximate surface area is 206 Å². The number of aliphatic imine (C=N–C) groups is 1. The summed E-state index contributed by atoms with van der Waals surface area (Å²) in [5, 5.41) is 0.838. The minimum absolute atomic E-state index is 0.195. The first-order chi connectivity index (χ1) is 15.4. The average molecular weight is 510 g/mol. The molecule has 0 fully saturated rings. The van der Waals surface area contributed by atoms with Gasteiger partial charge in [-0.3, -0.25) is 9.59 Å². The molecule has 0 radical (unpaired) electrons. The minimum atomic E-state index is -1.76. The van der Waals surface area contributed by atoms with E-state index in [0.717, 1.165) is 22.3 Å². The Hall–Kier alpha value is -2.27. The summed E-state index contributed by atoms with van der Waals surface area (Å²) in [7, 11) is 0.970. The van der Waals surface area contributed by atoms with Crippen LogP contribution in [0.1, 0.15) is 43.0 Å². The number of allylic oxidation sites excluding steroid dienone is 3. The number of aromatic nitrogens is 1. The minimum Gasteiger partial charge on any atom is -0.469 e. The third kappa shape index (κ3) is 6.86. The molecule has 9 heteroatoms. The molecule has 0 bridgehead atoms. The van der Waals surface area contributed by atoms with Gasteiger partial charge in [-0.05, 0) is 49.0 Å². The average Bonchev–Trinajstić information content (AvgIpc) is 3.19. The molecule has 33 heavy (non-hydrogen) atoms. The smallest absolute Gasteiger partial charge is 0.305 e. The van der Waals surface area contributed by atoms with Gasteiger partial charge >= 0.3 is 11.9 Å². The number of hydrogen-bond acceptors (Lipinski definition) is 5. The number of carbonyl (C=O) groups excluding carboxylic acids is 2. The number of esters is 2. The molecule has 2 rings (SSSR count). The molecule has 6 nitrogen and oxygen atoms in total. The van der Waals surface area contributed by atoms with Crippen molar-refractivity contribution in [3.8, 4) is 11.5 Å². The number of carbonyl (C=O) groups is 2. The van der Waals surface area contributed by atoms with E-state index in [-0.39, 0.29) is 24.8 Å². The zero-order valence-corrected chi connectivity index (χ0v) is 22.7. The fourth-order valence-electron chi connectivity index (χ4n) is 3.34. The highest BCUT2D eigenvalue weighted by atomic mass is 35.5. The largest absolute Gasteiger partial charge is 0.469 e. The van der Waals surface area contributed by atoms with E-state index < -0.39 is 8.07 Å². The van der Waals surface area contributed by atoms with E-state index in [4.69, 9.17) is 32.7 Å². The quantitative estimate of drug-likeness (QED) is 0.295. The Morgan fingerprint density at radius 3 is 2.15 bits per heavy atom. The van der Waals surface area contributed by atoms with Crippen LogP contribution in [0.4, 0.5) is 0 Å². The Balaban J connectivity index is 2.74. The first-order valence-electron chi connectivity index (χ1n) is 10.6. The zero-order valence-electron chi connectivity index (χ0n) is 20.2. The zero-order chi connectivity index (χ0) is 24.9. The van der Waals surface area contributed by atoms with Crippen molar-refractivity contribution in [2.75, 3.05) is 14.2 Å². The summed E-state index contributed by atoms with van der Waals surface area (Å²) in [5.41, 5.74) is 8.74. The van der Waals surface area contributed by atoms with E-state index in [2.05, 4.69) is 41.1 Å². The van der Waals surface area contributed by atoms with Gasteiger partial charge in [0.05, 0.1) is 31.2 Å². The van der Waals surface area contributed by atoms with Crippen molar-refractivity contribution in [2.24, 2.45) is 4.99 Å². The fourth-order valence-corrected chi connectivity index (χ4v) is 4.24. The third-order valence-electron chi connectivity index (χ3n) is 5.24. The molecule has 178 valence electrons. The molecule has 0 aliphatic carbocycles. The molecule has 0 unspecified atom stereocenters. The molecule has 0 saturated heterocycles. The van der Waals surface area contributed by atoms with E-state index in [0.29, 0.717) is 40.1 Å². The molecule has 0 saturated carbocycles. The molecule has 0 aromatic carbocycles. The maximum absolute atomic E-state index is 11.8. The monoisotopic (exact) mass is 508 g/mol. The second kappa shape index (κ2) is 11.2. The van der Waals surface area contributed by atoms with Crippen molar-refractivity contribution in [3.05, 3.63) is 38.8 Å². The normalized spacial score (nSPS) is 15.1. The highest BCUT2D eigenvalue weighted by Crippen LogP contribution is 2.38. The van der Waals surface area contributed by atoms with Gasteiger partial charge in [-0.2, -0.15) is 0 Å². The van der Waals surface area contributed by atoms with Crippen LogP contribution >= 0.6 is 23.2 Å². The number of rotatable bonds is 7. The molecule has 0 spiro atoms. The Morgan fingerprint density at radius 1 is 1.03 bits per heavy atom. The molecule has 1 N–H and O–H groups in total. The van der Waals surface area contributed by atoms with Gasteiger partial charge in [-0.25, -0.2) is 4.99 Å². The van der Waals surface area contributed by atoms with Crippen LogP contribution in [-0.2, 0) is 25.5 Å². The van der Waals surface area contributed by atoms with Gasteiger partial charge in [0.1, 0.15) is 18.4 Å². The number of halogens is 2. The van der Waals surface area contributed by atoms with Crippen molar-refractivity contribution in [1.82, 2.24) is 4.98 Å². The molecule has 1 aromatic heterocycles. The van der Waals surface area contributed by atoms with E-state index in [1.807, 2.05) is 13.8 Å². The number of hydrogen-bond donors (Lipinski definition) is 1. The van der Waals surface area contributed by atoms with Crippen LogP contribution in [0.3, 0.4) is 0 Å². The van der Waals surface area contributed by atoms with Gasteiger partial charge in [0, 0.05) is 12.8 Å². The fraction of sp³-hybridized carbons (Fsp3) is 0.458. The van der Waals surface area contributed by atoms with Crippen LogP contribution in [-0.4, -0.2) is 44.4 Å². The number of H-pyrrole nitrogens is 1. The Kier molecular flexibility index (Phi) is 9.18. The molecule has 2 heterocycles. The van der Waals surface area contributed by atoms with Crippen molar-refractivity contribution in [1.29, 1.82) is 0 Å². The van der Waals surface area contributed by atoms with Gasteiger partial charge in [-0.15, -0.1) is 5.54 Å². The SMILES string of the molecule is COC(=O)CCC1=C(C)C(Cl)=N/C1=C(/C#C[Si](C)(C)C)c1[nH]c(Cl)c(C)c1CCC(=O)OC. The second-order valence-electron chi connectivity index (χ2n) is 8.80. The number of aromatic amines is 1. The van der Waals surface area contributed by atoms with Gasteiger partial charge in [-0.1, -0.05) is 48.8 Å². The first-order valence-corrected chi connectivity index (χ1v) is 14.9. The molecule has 1 aliphatic heterocycles. The highest BCUT2D eigenvalue weighted by Gasteiger charge is 2.27. The highest BCUT2D eigenvalue weighted by molar-refractivity contribution is 6.84. The van der Waals surface area contributed by atoms with Gasteiger partial charge in [0.2, 0.25) is 0 Å². The van der Waals surface area contributed by atoms with E-state index in [1.54, 1.807) is 0 Å². The summed E-state index contributed by atoms with van der Waals surface area (Å²) in [5.74, 6) is 2.72. The number of nitrogens with zero attached hydrogens (tertiary/aromatic N) is 1. The molecule has 1 aliphatic rings. The Bertz CT molecular complexity index is 1110. The van der Waals surface area contributed by atoms with Gasteiger partial charge in [0.25, 0.3) is 0 Å². The van der Waals surface area contributed by atoms with Crippen molar-refractivity contribution < 1.29 is 19.1 Å². The summed E-state index contributed by atoms with van der Waals surface area (Å²) >= 11 is 12.9. The van der Waals surface area contributed by atoms with Crippen LogP contribution in [0.5, 0.6) is 0 Å². The Morgan fingerprint density at radius 2 is 1.61 bits per heavy atom. The van der Waals surface area contributed by atoms with Gasteiger partial charge in [0.15, 0.2) is 0 Å². The lowest BCUT2D eigenvalue weighted by molar-refractivity contribution is -0.141. The predicted molar refractivity (Wildman–Crippen MR) is 136 cm³/mol. The van der Waals surface area contributed by atoms with Crippen LogP contribution in [0.15, 0.2) is 21.8 Å². The summed E-state index contributed by atoms with van der Waals surface area (Å²) < 4.78 is 9.62. The summed E-state index contributed by atoms with van der Waals surface area (Å²) in [4.78, 5) is 31.5. The van der Waals surface area contributed by atoms with Crippen LogP contribution in [0.25, 0.3) is 5.57 Å². The number of methoxy groups -OCH3 is 2. The topological polar surface area (TPSA) is 80.8 Å². The third-order valence-corrected chi connectivity index (χ3v) is 6.86. The van der Waals surface area contributed by atoms with Crippen molar-refractivity contribution in [2.45, 2.75) is 59.2 Å². The van der Waals surface area contributed by atoms with Crippen LogP contribution < -0.4 is 0 Å². The van der Waals surface area contributed by atoms with E-state index in [1.165, 1.54) is 14.2 Å². The molecule has 1 aromatic rings. The van der Waals surface area contributed by atoms with E-state index in [9.17, 15) is 9.59 Å². The van der Waals surface area contributed by atoms with Crippen molar-refractivity contribution in [3.63, 3.8) is 0 Å². The van der Waals surface area contributed by atoms with Crippen LogP contribution in [0.2, 0.25) is 24.8 Å². The first kappa shape index (κ1) is 27.0. The molecular formula is C24H30Cl2N2O4Si. The lowest BCUT2D eigenvalue weighted by atomic mass is 9.95. The van der Waals surface area contributed by atoms with Crippen LogP contribution in [0, 0.1) is 18.4 Å². The maximum atomic E-state index is 11.8. The van der Waals surface area contributed by atoms with Gasteiger partial charge < -0.3 is 14.5 Å². The number of nitrogens with one attached hydrogen (secondary N) is 1. The van der Waals surface area contributed by atoms with E-state index >= 15 is 0 Å².